The Morgan fingerprint density at radius 1 is 0.840 bits per heavy atom. The van der Waals surface area contributed by atoms with E-state index in [0.717, 1.165) is 11.1 Å². The van der Waals surface area contributed by atoms with Crippen LogP contribution in [0.25, 0.3) is 0 Å². The van der Waals surface area contributed by atoms with Gasteiger partial charge in [0, 0.05) is 0 Å². The van der Waals surface area contributed by atoms with Gasteiger partial charge < -0.3 is 0 Å². The van der Waals surface area contributed by atoms with Crippen molar-refractivity contribution in [3.63, 3.8) is 0 Å². The molecule has 136 valence electrons. The van der Waals surface area contributed by atoms with E-state index in [1.165, 1.54) is 0 Å². The molecule has 25 heavy (non-hydrogen) atoms. The molecule has 2 aromatic rings. The summed E-state index contributed by atoms with van der Waals surface area (Å²) in [5.74, 6) is -0.219. The minimum absolute atomic E-state index is 0.219. The molecule has 0 saturated carbocycles. The minimum Gasteiger partial charge on any atom is -0.230 e. The van der Waals surface area contributed by atoms with Gasteiger partial charge in [0.15, 0.2) is 9.84 Å². The molecule has 5 heteroatoms. The number of benzene rings is 2. The van der Waals surface area contributed by atoms with E-state index in [-0.39, 0.29) is 10.6 Å². The molecular weight excluding hydrogens is 336 g/mol. The molecule has 2 aromatic carbocycles. The van der Waals surface area contributed by atoms with Crippen LogP contribution in [-0.2, 0) is 25.2 Å². The summed E-state index contributed by atoms with van der Waals surface area (Å²) in [5, 5.41) is 0. The highest BCUT2D eigenvalue weighted by atomic mass is 32.2. The molecule has 0 radical (unpaired) electrons. The fraction of sp³-hybridized carbons (Fsp3) is 0.400. The molecule has 4 nitrogen and oxygen atoms in total. The first-order chi connectivity index (χ1) is 11.5. The van der Waals surface area contributed by atoms with E-state index in [9.17, 15) is 8.42 Å². The van der Waals surface area contributed by atoms with Crippen LogP contribution in [0.4, 0.5) is 0 Å². The Bertz CT molecular complexity index is 790. The normalized spacial score (nSPS) is 14.9. The number of aryl methyl sites for hydroxylation is 1. The second-order valence-electron chi connectivity index (χ2n) is 7.45. The van der Waals surface area contributed by atoms with Gasteiger partial charge in [-0.1, -0.05) is 48.0 Å². The monoisotopic (exact) mass is 362 g/mol. The lowest BCUT2D eigenvalue weighted by Gasteiger charge is -2.32. The van der Waals surface area contributed by atoms with Gasteiger partial charge in [-0.2, -0.15) is 0 Å². The Hall–Kier alpha value is -1.69. The molecule has 0 spiro atoms. The second-order valence-corrected chi connectivity index (χ2v) is 9.44. The molecule has 2 rings (SSSR count). The molecule has 0 aliphatic rings. The molecule has 0 aliphatic carbocycles. The number of rotatable bonds is 6. The van der Waals surface area contributed by atoms with Crippen molar-refractivity contribution in [3.8, 4) is 0 Å². The zero-order chi connectivity index (χ0) is 18.7. The SMILES string of the molecule is Cc1ccc(S(=O)(=O)CC(C)(OOC(C)(C)C)c2ccccc2)cc1. The second kappa shape index (κ2) is 7.28. The van der Waals surface area contributed by atoms with Crippen LogP contribution in [0.15, 0.2) is 59.5 Å². The van der Waals surface area contributed by atoms with Gasteiger partial charge in [-0.25, -0.2) is 18.2 Å². The van der Waals surface area contributed by atoms with Crippen molar-refractivity contribution in [1.82, 2.24) is 0 Å². The predicted octanol–water partition coefficient (Wildman–Crippen LogP) is 4.43. The van der Waals surface area contributed by atoms with Crippen molar-refractivity contribution in [3.05, 3.63) is 65.7 Å². The Labute approximate surface area is 150 Å². The first-order valence-corrected chi connectivity index (χ1v) is 9.89. The summed E-state index contributed by atoms with van der Waals surface area (Å²) in [6.45, 7) is 9.22. The first kappa shape index (κ1) is 19.6. The molecule has 0 aromatic heterocycles. The largest absolute Gasteiger partial charge is 0.230 e. The van der Waals surface area contributed by atoms with Gasteiger partial charge in [-0.15, -0.1) is 0 Å². The maximum Gasteiger partial charge on any atom is 0.181 e. The van der Waals surface area contributed by atoms with Crippen LogP contribution >= 0.6 is 0 Å². The van der Waals surface area contributed by atoms with E-state index in [4.69, 9.17) is 9.78 Å². The molecule has 0 saturated heterocycles. The Morgan fingerprint density at radius 2 is 1.40 bits per heavy atom. The average molecular weight is 362 g/mol. The van der Waals surface area contributed by atoms with Gasteiger partial charge >= 0.3 is 0 Å². The van der Waals surface area contributed by atoms with Crippen LogP contribution < -0.4 is 0 Å². The summed E-state index contributed by atoms with van der Waals surface area (Å²) >= 11 is 0. The van der Waals surface area contributed by atoms with E-state index in [0.29, 0.717) is 0 Å². The van der Waals surface area contributed by atoms with E-state index >= 15 is 0 Å². The Morgan fingerprint density at radius 3 is 1.92 bits per heavy atom. The van der Waals surface area contributed by atoms with Gasteiger partial charge in [0.1, 0.15) is 5.60 Å². The molecule has 1 atom stereocenters. The van der Waals surface area contributed by atoms with Gasteiger partial charge in [0.25, 0.3) is 0 Å². The lowest BCUT2D eigenvalue weighted by molar-refractivity contribution is -0.400. The first-order valence-electron chi connectivity index (χ1n) is 8.24. The third-order valence-electron chi connectivity index (χ3n) is 3.71. The van der Waals surface area contributed by atoms with Crippen molar-refractivity contribution < 1.29 is 18.2 Å². The topological polar surface area (TPSA) is 52.6 Å². The summed E-state index contributed by atoms with van der Waals surface area (Å²) in [6, 6.07) is 16.1. The maximum atomic E-state index is 12.9. The summed E-state index contributed by atoms with van der Waals surface area (Å²) in [6.07, 6.45) is 0. The van der Waals surface area contributed by atoms with Crippen molar-refractivity contribution >= 4 is 9.84 Å². The van der Waals surface area contributed by atoms with Crippen molar-refractivity contribution in [2.24, 2.45) is 0 Å². The summed E-state index contributed by atoms with van der Waals surface area (Å²) in [5.41, 5.74) is 0.0779. The van der Waals surface area contributed by atoms with Gasteiger partial charge in [0.05, 0.1) is 16.2 Å². The lowest BCUT2D eigenvalue weighted by Crippen LogP contribution is -2.37. The fourth-order valence-electron chi connectivity index (χ4n) is 2.35. The number of hydrogen-bond donors (Lipinski definition) is 0. The van der Waals surface area contributed by atoms with Crippen LogP contribution in [0.1, 0.15) is 38.8 Å². The fourth-order valence-corrected chi connectivity index (χ4v) is 4.01. The van der Waals surface area contributed by atoms with Crippen LogP contribution in [0, 0.1) is 6.92 Å². The van der Waals surface area contributed by atoms with Crippen LogP contribution in [-0.4, -0.2) is 19.8 Å². The minimum atomic E-state index is -3.56. The maximum absolute atomic E-state index is 12.9. The molecule has 0 N–H and O–H groups in total. The molecule has 1 unspecified atom stereocenters. The van der Waals surface area contributed by atoms with Crippen molar-refractivity contribution in [2.45, 2.75) is 50.7 Å². The molecule has 0 bridgehead atoms. The number of hydrogen-bond acceptors (Lipinski definition) is 4. The summed E-state index contributed by atoms with van der Waals surface area (Å²) in [7, 11) is -3.56. The smallest absolute Gasteiger partial charge is 0.181 e. The van der Waals surface area contributed by atoms with Crippen molar-refractivity contribution in [2.75, 3.05) is 5.75 Å². The van der Waals surface area contributed by atoms with Crippen LogP contribution in [0.5, 0.6) is 0 Å². The lowest BCUT2D eigenvalue weighted by atomic mass is 9.98. The zero-order valence-electron chi connectivity index (χ0n) is 15.4. The molecular formula is C20H26O4S. The van der Waals surface area contributed by atoms with E-state index in [1.807, 2.05) is 58.0 Å². The van der Waals surface area contributed by atoms with E-state index < -0.39 is 21.0 Å². The standard InChI is InChI=1S/C20H26O4S/c1-16-11-13-18(14-12-16)25(21,22)15-20(5,24-23-19(2,3)4)17-9-7-6-8-10-17/h6-14H,15H2,1-5H3. The van der Waals surface area contributed by atoms with Crippen LogP contribution in [0.2, 0.25) is 0 Å². The Kier molecular flexibility index (Phi) is 5.72. The van der Waals surface area contributed by atoms with Crippen molar-refractivity contribution in [1.29, 1.82) is 0 Å². The highest BCUT2D eigenvalue weighted by Gasteiger charge is 2.37. The van der Waals surface area contributed by atoms with Gasteiger partial charge in [-0.05, 0) is 52.3 Å². The molecule has 0 fully saturated rings. The average Bonchev–Trinajstić information content (AvgIpc) is 2.53. The highest BCUT2D eigenvalue weighted by molar-refractivity contribution is 7.91. The van der Waals surface area contributed by atoms with Gasteiger partial charge in [-0.3, -0.25) is 0 Å². The number of sulfone groups is 1. The zero-order valence-corrected chi connectivity index (χ0v) is 16.3. The van der Waals surface area contributed by atoms with E-state index in [2.05, 4.69) is 0 Å². The Balaban J connectivity index is 2.37. The quantitative estimate of drug-likeness (QED) is 0.563. The highest BCUT2D eigenvalue weighted by Crippen LogP contribution is 2.31. The molecule has 0 heterocycles. The third kappa shape index (κ3) is 5.39. The van der Waals surface area contributed by atoms with Gasteiger partial charge in [0.2, 0.25) is 0 Å². The molecule has 0 amide bonds. The third-order valence-corrected chi connectivity index (χ3v) is 5.63. The molecule has 0 aliphatic heterocycles. The summed E-state index contributed by atoms with van der Waals surface area (Å²) < 4.78 is 25.8. The van der Waals surface area contributed by atoms with Crippen LogP contribution in [0.3, 0.4) is 0 Å². The predicted molar refractivity (Wildman–Crippen MR) is 98.9 cm³/mol. The van der Waals surface area contributed by atoms with E-state index in [1.54, 1.807) is 31.2 Å². The summed E-state index contributed by atoms with van der Waals surface area (Å²) in [4.78, 5) is 11.4.